The molecule has 1 unspecified atom stereocenters. The Morgan fingerprint density at radius 3 is 2.47 bits per heavy atom. The highest BCUT2D eigenvalue weighted by Gasteiger charge is 2.44. The van der Waals surface area contributed by atoms with Crippen LogP contribution in [-0.2, 0) is 35.0 Å². The van der Waals surface area contributed by atoms with Crippen molar-refractivity contribution in [3.8, 4) is 0 Å². The summed E-state index contributed by atoms with van der Waals surface area (Å²) in [5, 5.41) is 0.112. The lowest BCUT2D eigenvalue weighted by Gasteiger charge is -2.37. The number of hydrogen-bond acceptors (Lipinski definition) is 5. The summed E-state index contributed by atoms with van der Waals surface area (Å²) in [7, 11) is 3.25. The van der Waals surface area contributed by atoms with Gasteiger partial charge in [0.1, 0.15) is 5.82 Å². The Balaban J connectivity index is 1.77. The third kappa shape index (κ3) is 4.05. The number of halogens is 2. The van der Waals surface area contributed by atoms with Crippen molar-refractivity contribution < 1.29 is 23.5 Å². The molecule has 0 spiro atoms. The van der Waals surface area contributed by atoms with Crippen LogP contribution in [0.5, 0.6) is 0 Å². The molecule has 3 aromatic rings. The summed E-state index contributed by atoms with van der Waals surface area (Å²) in [6.07, 6.45) is 0. The number of nitrogens with zero attached hydrogens (tertiary/aromatic N) is 4. The maximum atomic E-state index is 13.9. The molecule has 1 aliphatic rings. The molecule has 1 saturated heterocycles. The Morgan fingerprint density at radius 2 is 1.79 bits per heavy atom. The van der Waals surface area contributed by atoms with Crippen molar-refractivity contribution in [1.29, 1.82) is 0 Å². The van der Waals surface area contributed by atoms with Gasteiger partial charge in [-0.3, -0.25) is 28.5 Å². The highest BCUT2D eigenvalue weighted by Crippen LogP contribution is 2.29. The summed E-state index contributed by atoms with van der Waals surface area (Å²) in [4.78, 5) is 53.6. The number of urea groups is 1. The molecule has 0 bridgehead atoms. The average Bonchev–Trinajstić information content (AvgIpc) is 3.00. The quantitative estimate of drug-likeness (QED) is 0.406. The van der Waals surface area contributed by atoms with Gasteiger partial charge in [-0.2, -0.15) is 0 Å². The smallest absolute Gasteiger partial charge is 0.331 e. The lowest BCUT2D eigenvalue weighted by molar-refractivity contribution is -0.154. The third-order valence-corrected chi connectivity index (χ3v) is 6.01. The number of carbonyl (C=O) groups is 3. The van der Waals surface area contributed by atoms with Gasteiger partial charge in [0.2, 0.25) is 5.91 Å². The fourth-order valence-electron chi connectivity index (χ4n) is 4.09. The zero-order chi connectivity index (χ0) is 24.7. The Kier molecular flexibility index (Phi) is 6.18. The number of aryl methyl sites for hydroxylation is 2. The Labute approximate surface area is 198 Å². The number of imide groups is 1. The Morgan fingerprint density at radius 1 is 1.09 bits per heavy atom. The molecular formula is C23H22ClFN4O5. The van der Waals surface area contributed by atoms with Crippen LogP contribution in [0.3, 0.4) is 0 Å². The van der Waals surface area contributed by atoms with Crippen LogP contribution in [0.4, 0.5) is 14.9 Å². The normalized spacial score (nSPS) is 16.4. The molecule has 1 aromatic heterocycles. The van der Waals surface area contributed by atoms with Crippen LogP contribution in [-0.4, -0.2) is 45.1 Å². The minimum absolute atomic E-state index is 0.0636. The summed E-state index contributed by atoms with van der Waals surface area (Å²) in [6.45, 7) is 1.16. The molecule has 3 amide bonds. The Hall–Kier alpha value is -3.66. The maximum absolute atomic E-state index is 13.9. The van der Waals surface area contributed by atoms with E-state index in [0.717, 1.165) is 17.0 Å². The van der Waals surface area contributed by atoms with Crippen molar-refractivity contribution in [2.75, 3.05) is 18.1 Å². The van der Waals surface area contributed by atoms with E-state index in [1.165, 1.54) is 20.1 Å². The number of fused-ring (bicyclic) bond motifs is 1. The third-order valence-electron chi connectivity index (χ3n) is 5.79. The standard InChI is InChI=1S/C23H22ClFN4O5/c1-4-34-21(31)17-12-28(16-5-6-18-19(10-16)27(3)22(32)26(18)2)23(33)29(20(17)30)11-13-7-14(24)9-15(25)8-13/h5-10,17H,4,11-12H2,1-3H3. The average molecular weight is 489 g/mol. The first kappa shape index (κ1) is 23.5. The predicted molar refractivity (Wildman–Crippen MR) is 123 cm³/mol. The molecule has 4 rings (SSSR count). The Bertz CT molecular complexity index is 1360. The summed E-state index contributed by atoms with van der Waals surface area (Å²) in [5.41, 5.74) is 1.68. The lowest BCUT2D eigenvalue weighted by Crippen LogP contribution is -2.58. The summed E-state index contributed by atoms with van der Waals surface area (Å²) < 4.78 is 21.8. The first-order valence-electron chi connectivity index (χ1n) is 10.5. The van der Waals surface area contributed by atoms with Crippen LogP contribution in [0.2, 0.25) is 5.02 Å². The minimum Gasteiger partial charge on any atom is -0.465 e. The second kappa shape index (κ2) is 8.94. The molecule has 0 radical (unpaired) electrons. The molecule has 34 heavy (non-hydrogen) atoms. The number of imidazole rings is 1. The summed E-state index contributed by atoms with van der Waals surface area (Å²) in [6, 6.07) is 7.99. The van der Waals surface area contributed by atoms with Gasteiger partial charge in [-0.1, -0.05) is 11.6 Å². The van der Waals surface area contributed by atoms with Gasteiger partial charge in [-0.25, -0.2) is 14.0 Å². The largest absolute Gasteiger partial charge is 0.465 e. The number of rotatable bonds is 5. The van der Waals surface area contributed by atoms with Crippen LogP contribution in [0, 0.1) is 11.7 Å². The molecule has 0 aliphatic carbocycles. The zero-order valence-corrected chi connectivity index (χ0v) is 19.5. The SMILES string of the molecule is CCOC(=O)C1CN(c2ccc3c(c2)n(C)c(=O)n3C)C(=O)N(Cc2cc(F)cc(Cl)c2)C1=O. The van der Waals surface area contributed by atoms with Gasteiger partial charge in [0.05, 0.1) is 30.7 Å². The maximum Gasteiger partial charge on any atom is 0.331 e. The van der Waals surface area contributed by atoms with E-state index in [4.69, 9.17) is 16.3 Å². The number of hydrogen-bond donors (Lipinski definition) is 0. The fourth-order valence-corrected chi connectivity index (χ4v) is 4.34. The molecule has 9 nitrogen and oxygen atoms in total. The van der Waals surface area contributed by atoms with Crippen molar-refractivity contribution >= 4 is 46.2 Å². The molecular weight excluding hydrogens is 467 g/mol. The second-order valence-electron chi connectivity index (χ2n) is 7.97. The van der Waals surface area contributed by atoms with Crippen molar-refractivity contribution in [3.05, 3.63) is 63.3 Å². The molecule has 1 aliphatic heterocycles. The van der Waals surface area contributed by atoms with Gasteiger partial charge in [0.25, 0.3) is 0 Å². The van der Waals surface area contributed by atoms with Crippen molar-refractivity contribution in [2.45, 2.75) is 13.5 Å². The molecule has 2 aromatic carbocycles. The van der Waals surface area contributed by atoms with E-state index in [1.807, 2.05) is 0 Å². The van der Waals surface area contributed by atoms with Crippen LogP contribution in [0.1, 0.15) is 12.5 Å². The van der Waals surface area contributed by atoms with Gasteiger partial charge in [0.15, 0.2) is 5.92 Å². The van der Waals surface area contributed by atoms with Crippen LogP contribution in [0.25, 0.3) is 11.0 Å². The number of amides is 3. The molecule has 1 fully saturated rings. The van der Waals surface area contributed by atoms with Crippen molar-refractivity contribution in [2.24, 2.45) is 20.0 Å². The van der Waals surface area contributed by atoms with Gasteiger partial charge < -0.3 is 4.74 Å². The van der Waals surface area contributed by atoms with Gasteiger partial charge in [-0.15, -0.1) is 0 Å². The van der Waals surface area contributed by atoms with E-state index in [0.29, 0.717) is 16.7 Å². The highest BCUT2D eigenvalue weighted by molar-refractivity contribution is 6.30. The van der Waals surface area contributed by atoms with Crippen LogP contribution in [0.15, 0.2) is 41.2 Å². The van der Waals surface area contributed by atoms with E-state index in [9.17, 15) is 23.6 Å². The molecule has 1 atom stereocenters. The number of anilines is 1. The number of benzene rings is 2. The number of aromatic nitrogens is 2. The van der Waals surface area contributed by atoms with E-state index in [-0.39, 0.29) is 36.0 Å². The number of carbonyl (C=O) groups excluding carboxylic acids is 3. The minimum atomic E-state index is -1.27. The first-order valence-corrected chi connectivity index (χ1v) is 10.9. The first-order chi connectivity index (χ1) is 16.1. The summed E-state index contributed by atoms with van der Waals surface area (Å²) in [5.74, 6) is -3.39. The monoisotopic (exact) mass is 488 g/mol. The van der Waals surface area contributed by atoms with E-state index in [2.05, 4.69) is 0 Å². The number of esters is 1. The van der Waals surface area contributed by atoms with Crippen molar-refractivity contribution in [3.63, 3.8) is 0 Å². The van der Waals surface area contributed by atoms with Crippen LogP contribution >= 0.6 is 11.6 Å². The molecule has 2 heterocycles. The number of ether oxygens (including phenoxy) is 1. The molecule has 0 saturated carbocycles. The van der Waals surface area contributed by atoms with Gasteiger partial charge in [-0.05, 0) is 48.9 Å². The molecule has 0 N–H and O–H groups in total. The second-order valence-corrected chi connectivity index (χ2v) is 8.41. The summed E-state index contributed by atoms with van der Waals surface area (Å²) >= 11 is 5.93. The van der Waals surface area contributed by atoms with E-state index >= 15 is 0 Å². The fraction of sp³-hybridized carbons (Fsp3) is 0.304. The van der Waals surface area contributed by atoms with E-state index in [1.54, 1.807) is 39.2 Å². The highest BCUT2D eigenvalue weighted by atomic mass is 35.5. The van der Waals surface area contributed by atoms with Gasteiger partial charge >= 0.3 is 17.7 Å². The van der Waals surface area contributed by atoms with Crippen molar-refractivity contribution in [1.82, 2.24) is 14.0 Å². The van der Waals surface area contributed by atoms with Gasteiger partial charge in [0, 0.05) is 24.8 Å². The zero-order valence-electron chi connectivity index (χ0n) is 18.7. The van der Waals surface area contributed by atoms with E-state index < -0.39 is 29.6 Å². The molecule has 11 heteroatoms. The molecule has 178 valence electrons. The topological polar surface area (TPSA) is 93.8 Å². The predicted octanol–water partition coefficient (Wildman–Crippen LogP) is 2.82. The lowest BCUT2D eigenvalue weighted by atomic mass is 10.0. The van der Waals surface area contributed by atoms with Crippen LogP contribution < -0.4 is 10.6 Å².